The number of fused-ring (bicyclic) bond motifs is 1. The smallest absolute Gasteiger partial charge is 0.253 e. The minimum atomic E-state index is -0.774. The number of benzene rings is 2. The highest BCUT2D eigenvalue weighted by atomic mass is 16.7. The summed E-state index contributed by atoms with van der Waals surface area (Å²) in [5, 5.41) is 0. The fourth-order valence-corrected chi connectivity index (χ4v) is 6.14. The van der Waals surface area contributed by atoms with Crippen LogP contribution in [0.15, 0.2) is 48.5 Å². The highest BCUT2D eigenvalue weighted by Gasteiger charge is 2.54. The lowest BCUT2D eigenvalue weighted by atomic mass is 9.85. The van der Waals surface area contributed by atoms with Crippen LogP contribution in [0.3, 0.4) is 0 Å². The summed E-state index contributed by atoms with van der Waals surface area (Å²) in [4.78, 5) is 48.0. The van der Waals surface area contributed by atoms with Crippen molar-refractivity contribution in [3.8, 4) is 11.5 Å². The van der Waals surface area contributed by atoms with E-state index in [1.807, 2.05) is 40.1 Å². The zero-order valence-electron chi connectivity index (χ0n) is 21.8. The van der Waals surface area contributed by atoms with E-state index in [9.17, 15) is 14.4 Å². The van der Waals surface area contributed by atoms with Gasteiger partial charge in [-0.3, -0.25) is 14.4 Å². The largest absolute Gasteiger partial charge is 0.454 e. The number of para-hydroxylation sites is 1. The average Bonchev–Trinajstić information content (AvgIpc) is 3.52. The highest BCUT2D eigenvalue weighted by Crippen LogP contribution is 2.40. The Hall–Kier alpha value is -3.75. The second kappa shape index (κ2) is 9.85. The predicted molar refractivity (Wildman–Crippen MR) is 141 cm³/mol. The van der Waals surface area contributed by atoms with Crippen molar-refractivity contribution in [1.82, 2.24) is 14.7 Å². The molecular formula is C29H34N4O5. The summed E-state index contributed by atoms with van der Waals surface area (Å²) in [7, 11) is 0. The van der Waals surface area contributed by atoms with E-state index >= 15 is 0 Å². The first-order valence-corrected chi connectivity index (χ1v) is 13.5. The number of nitrogens with zero attached hydrogens (tertiary/aromatic N) is 4. The normalized spacial score (nSPS) is 20.9. The van der Waals surface area contributed by atoms with Crippen molar-refractivity contribution in [3.63, 3.8) is 0 Å². The van der Waals surface area contributed by atoms with Gasteiger partial charge in [-0.15, -0.1) is 0 Å². The second-order valence-corrected chi connectivity index (χ2v) is 10.9. The Morgan fingerprint density at radius 2 is 1.63 bits per heavy atom. The van der Waals surface area contributed by atoms with Gasteiger partial charge in [-0.05, 0) is 61.9 Å². The fraction of sp³-hybridized carbons (Fsp3) is 0.483. The summed E-state index contributed by atoms with van der Waals surface area (Å²) in [6.07, 6.45) is 3.02. The number of carbonyl (C=O) groups is 3. The van der Waals surface area contributed by atoms with Crippen LogP contribution >= 0.6 is 0 Å². The van der Waals surface area contributed by atoms with Gasteiger partial charge in [-0.2, -0.15) is 0 Å². The van der Waals surface area contributed by atoms with Gasteiger partial charge in [-0.25, -0.2) is 0 Å². The number of hydrogen-bond donors (Lipinski definition) is 0. The van der Waals surface area contributed by atoms with E-state index < -0.39 is 5.54 Å². The first-order chi connectivity index (χ1) is 18.4. The molecule has 9 heteroatoms. The van der Waals surface area contributed by atoms with E-state index in [0.29, 0.717) is 55.6 Å². The summed E-state index contributed by atoms with van der Waals surface area (Å²) in [6, 6.07) is 15.2. The molecule has 2 aromatic rings. The molecule has 4 heterocycles. The van der Waals surface area contributed by atoms with Gasteiger partial charge in [0.1, 0.15) is 12.1 Å². The van der Waals surface area contributed by atoms with Crippen LogP contribution in [0.25, 0.3) is 0 Å². The van der Waals surface area contributed by atoms with Crippen LogP contribution in [0.4, 0.5) is 5.69 Å². The van der Waals surface area contributed by atoms with Crippen molar-refractivity contribution in [3.05, 3.63) is 54.1 Å². The molecule has 38 heavy (non-hydrogen) atoms. The Balaban J connectivity index is 1.19. The van der Waals surface area contributed by atoms with Gasteiger partial charge in [0.2, 0.25) is 12.7 Å². The van der Waals surface area contributed by atoms with E-state index in [1.54, 1.807) is 23.1 Å². The number of rotatable bonds is 4. The Labute approximate surface area is 222 Å². The topological polar surface area (TPSA) is 82.6 Å². The van der Waals surface area contributed by atoms with E-state index in [4.69, 9.17) is 9.47 Å². The molecule has 0 aliphatic carbocycles. The monoisotopic (exact) mass is 518 g/mol. The molecule has 0 saturated carbocycles. The number of hydrogen-bond acceptors (Lipinski definition) is 6. The molecule has 9 nitrogen and oxygen atoms in total. The number of carbonyl (C=O) groups excluding carboxylic acids is 3. The summed E-state index contributed by atoms with van der Waals surface area (Å²) < 4.78 is 10.8. The Bertz CT molecular complexity index is 1220. The minimum Gasteiger partial charge on any atom is -0.454 e. The van der Waals surface area contributed by atoms with Crippen LogP contribution in [-0.4, -0.2) is 84.1 Å². The molecular weight excluding hydrogens is 484 g/mol. The third-order valence-electron chi connectivity index (χ3n) is 8.54. The van der Waals surface area contributed by atoms with Gasteiger partial charge in [0.25, 0.3) is 11.8 Å². The van der Waals surface area contributed by atoms with Crippen LogP contribution in [0.2, 0.25) is 0 Å². The van der Waals surface area contributed by atoms with Gasteiger partial charge >= 0.3 is 0 Å². The summed E-state index contributed by atoms with van der Waals surface area (Å²) >= 11 is 0. The number of ether oxygens (including phenoxy) is 2. The number of anilines is 1. The quantitative estimate of drug-likeness (QED) is 0.619. The zero-order valence-corrected chi connectivity index (χ0v) is 21.8. The third kappa shape index (κ3) is 4.33. The third-order valence-corrected chi connectivity index (χ3v) is 8.54. The van der Waals surface area contributed by atoms with Crippen LogP contribution < -0.4 is 14.4 Å². The molecule has 0 unspecified atom stereocenters. The summed E-state index contributed by atoms with van der Waals surface area (Å²) in [6.45, 7) is 5.26. The van der Waals surface area contributed by atoms with Crippen molar-refractivity contribution in [2.24, 2.45) is 5.92 Å². The molecule has 2 aromatic carbocycles. The van der Waals surface area contributed by atoms with Crippen molar-refractivity contribution in [1.29, 1.82) is 0 Å². The number of amides is 3. The Morgan fingerprint density at radius 1 is 0.921 bits per heavy atom. The van der Waals surface area contributed by atoms with Crippen molar-refractivity contribution in [2.45, 2.75) is 38.1 Å². The molecule has 4 aliphatic heterocycles. The van der Waals surface area contributed by atoms with E-state index in [2.05, 4.69) is 11.8 Å². The number of likely N-dealkylation sites (tertiary alicyclic amines) is 2. The first kappa shape index (κ1) is 24.6. The van der Waals surface area contributed by atoms with Crippen molar-refractivity contribution >= 4 is 23.4 Å². The highest BCUT2D eigenvalue weighted by molar-refractivity contribution is 5.98. The lowest BCUT2D eigenvalue weighted by molar-refractivity contribution is -0.141. The maximum atomic E-state index is 14.0. The van der Waals surface area contributed by atoms with Crippen molar-refractivity contribution in [2.75, 3.05) is 51.1 Å². The minimum absolute atomic E-state index is 0.0183. The molecule has 0 atom stereocenters. The molecule has 0 N–H and O–H groups in total. The molecule has 200 valence electrons. The maximum absolute atomic E-state index is 14.0. The van der Waals surface area contributed by atoms with E-state index in [0.717, 1.165) is 31.6 Å². The summed E-state index contributed by atoms with van der Waals surface area (Å²) in [5.41, 5.74) is 0.730. The Kier molecular flexibility index (Phi) is 6.37. The van der Waals surface area contributed by atoms with Gasteiger partial charge in [-0.1, -0.05) is 25.1 Å². The fourth-order valence-electron chi connectivity index (χ4n) is 6.14. The molecule has 0 bridgehead atoms. The van der Waals surface area contributed by atoms with Crippen LogP contribution in [-0.2, 0) is 9.59 Å². The zero-order chi connectivity index (χ0) is 26.3. The van der Waals surface area contributed by atoms with Gasteiger partial charge in [0.05, 0.1) is 6.67 Å². The van der Waals surface area contributed by atoms with E-state index in [-0.39, 0.29) is 31.1 Å². The van der Waals surface area contributed by atoms with Crippen LogP contribution in [0, 0.1) is 5.92 Å². The molecule has 3 amide bonds. The average molecular weight is 519 g/mol. The number of piperidine rings is 2. The lowest BCUT2D eigenvalue weighted by Crippen LogP contribution is -2.57. The molecule has 3 fully saturated rings. The van der Waals surface area contributed by atoms with Crippen LogP contribution in [0.5, 0.6) is 11.5 Å². The van der Waals surface area contributed by atoms with Gasteiger partial charge in [0, 0.05) is 37.4 Å². The standard InChI is InChI=1S/C29H34N4O5/c1-21-9-13-30(14-10-21)26(34)18-32-19-33(23-5-3-2-4-6-23)29(28(32)36)11-15-31(16-12-29)27(35)22-7-8-24-25(17-22)38-20-37-24/h2-8,17,21H,9-16,18-20H2,1H3. The van der Waals surface area contributed by atoms with Crippen LogP contribution in [0.1, 0.15) is 43.0 Å². The molecule has 4 aliphatic rings. The SMILES string of the molecule is CC1CCN(C(=O)CN2CN(c3ccccc3)C3(CCN(C(=O)c4ccc5c(c4)OCO5)CC3)C2=O)CC1. The molecule has 0 radical (unpaired) electrons. The first-order valence-electron chi connectivity index (χ1n) is 13.5. The van der Waals surface area contributed by atoms with E-state index in [1.165, 1.54) is 0 Å². The summed E-state index contributed by atoms with van der Waals surface area (Å²) in [5.74, 6) is 1.77. The van der Waals surface area contributed by atoms with Gasteiger partial charge < -0.3 is 29.1 Å². The lowest BCUT2D eigenvalue weighted by Gasteiger charge is -2.43. The maximum Gasteiger partial charge on any atom is 0.253 e. The predicted octanol–water partition coefficient (Wildman–Crippen LogP) is 2.95. The van der Waals surface area contributed by atoms with Gasteiger partial charge in [0.15, 0.2) is 11.5 Å². The Morgan fingerprint density at radius 3 is 2.37 bits per heavy atom. The molecule has 0 aromatic heterocycles. The van der Waals surface area contributed by atoms with Crippen molar-refractivity contribution < 1.29 is 23.9 Å². The molecule has 3 saturated heterocycles. The molecule has 1 spiro atoms. The molecule has 6 rings (SSSR count). The second-order valence-electron chi connectivity index (χ2n) is 10.9.